The van der Waals surface area contributed by atoms with Gasteiger partial charge in [-0.25, -0.2) is 0 Å². The molecule has 2 aliphatic heterocycles. The van der Waals surface area contributed by atoms with Crippen molar-refractivity contribution in [2.45, 2.75) is 26.2 Å². The third-order valence-corrected chi connectivity index (χ3v) is 7.95. The van der Waals surface area contributed by atoms with E-state index in [9.17, 15) is 14.4 Å². The van der Waals surface area contributed by atoms with Gasteiger partial charge in [-0.15, -0.1) is 24.8 Å². The molecule has 43 heavy (non-hydrogen) atoms. The van der Waals surface area contributed by atoms with Gasteiger partial charge in [0.1, 0.15) is 5.69 Å². The second-order valence-corrected chi connectivity index (χ2v) is 10.8. The number of likely N-dealkylation sites (tertiary alicyclic amines) is 1. The van der Waals surface area contributed by atoms with Crippen LogP contribution in [0.3, 0.4) is 0 Å². The first-order valence-electron chi connectivity index (χ1n) is 14.4. The van der Waals surface area contributed by atoms with Gasteiger partial charge in [0.05, 0.1) is 5.92 Å². The van der Waals surface area contributed by atoms with Crippen LogP contribution >= 0.6 is 24.8 Å². The summed E-state index contributed by atoms with van der Waals surface area (Å²) in [7, 11) is 0. The second-order valence-electron chi connectivity index (χ2n) is 10.8. The number of anilines is 2. The van der Waals surface area contributed by atoms with Crippen LogP contribution in [0.2, 0.25) is 0 Å². The van der Waals surface area contributed by atoms with Crippen LogP contribution in [0.1, 0.15) is 47.0 Å². The van der Waals surface area contributed by atoms with Crippen molar-refractivity contribution in [1.29, 1.82) is 0 Å². The highest BCUT2D eigenvalue weighted by atomic mass is 35.5. The van der Waals surface area contributed by atoms with Crippen LogP contribution in [0.15, 0.2) is 66.9 Å². The van der Waals surface area contributed by atoms with Crippen molar-refractivity contribution in [2.75, 3.05) is 56.0 Å². The highest BCUT2D eigenvalue weighted by molar-refractivity contribution is 5.96. The van der Waals surface area contributed by atoms with Crippen molar-refractivity contribution in [3.8, 4) is 11.1 Å². The number of nitrogens with one attached hydrogen (secondary N) is 1. The Morgan fingerprint density at radius 3 is 2.37 bits per heavy atom. The van der Waals surface area contributed by atoms with Crippen LogP contribution in [0, 0.1) is 5.92 Å². The van der Waals surface area contributed by atoms with Gasteiger partial charge < -0.3 is 20.9 Å². The number of halogens is 2. The molecule has 3 N–H and O–H groups in total. The SMILES string of the molecule is CCCN1CCN(c2ccnc(C(=O)N3CCC[C@H](C(=O)Nc4cccc(-c5ccc(C(N)=O)cc5)c4)C3)c2)CC1.Cl.Cl. The van der Waals surface area contributed by atoms with Crippen molar-refractivity contribution >= 4 is 53.9 Å². The largest absolute Gasteiger partial charge is 0.369 e. The Morgan fingerprint density at radius 2 is 1.67 bits per heavy atom. The number of nitrogens with two attached hydrogens (primary N) is 1. The molecule has 2 saturated heterocycles. The molecule has 3 aromatic rings. The minimum absolute atomic E-state index is 0. The number of benzene rings is 2. The van der Waals surface area contributed by atoms with E-state index in [2.05, 4.69) is 27.0 Å². The van der Waals surface area contributed by atoms with E-state index in [1.807, 2.05) is 48.5 Å². The maximum absolute atomic E-state index is 13.4. The van der Waals surface area contributed by atoms with Crippen molar-refractivity contribution in [1.82, 2.24) is 14.8 Å². The molecule has 9 nitrogen and oxygen atoms in total. The fourth-order valence-corrected chi connectivity index (χ4v) is 5.66. The Balaban J connectivity index is 0.00000253. The van der Waals surface area contributed by atoms with E-state index < -0.39 is 5.91 Å². The first kappa shape index (κ1) is 33.8. The minimum atomic E-state index is -0.470. The molecule has 0 saturated carbocycles. The van der Waals surface area contributed by atoms with Gasteiger partial charge in [-0.2, -0.15) is 0 Å². The van der Waals surface area contributed by atoms with E-state index in [0.717, 1.165) is 68.8 Å². The molecule has 2 aromatic carbocycles. The first-order chi connectivity index (χ1) is 19.9. The van der Waals surface area contributed by atoms with E-state index in [-0.39, 0.29) is 42.5 Å². The van der Waals surface area contributed by atoms with Crippen molar-refractivity contribution in [3.63, 3.8) is 0 Å². The number of carbonyl (C=O) groups is 3. The number of amides is 3. The molecule has 2 fully saturated rings. The maximum atomic E-state index is 13.4. The number of nitrogens with zero attached hydrogens (tertiary/aromatic N) is 4. The monoisotopic (exact) mass is 626 g/mol. The summed E-state index contributed by atoms with van der Waals surface area (Å²) in [6, 6.07) is 18.5. The summed E-state index contributed by atoms with van der Waals surface area (Å²) in [4.78, 5) is 49.0. The smallest absolute Gasteiger partial charge is 0.272 e. The number of carbonyl (C=O) groups excluding carboxylic acids is 3. The summed E-state index contributed by atoms with van der Waals surface area (Å²) in [5.74, 6) is -1.01. The molecule has 0 unspecified atom stereocenters. The lowest BCUT2D eigenvalue weighted by Crippen LogP contribution is -2.46. The number of piperazine rings is 1. The van der Waals surface area contributed by atoms with E-state index in [1.165, 1.54) is 0 Å². The maximum Gasteiger partial charge on any atom is 0.272 e. The zero-order valence-corrected chi connectivity index (χ0v) is 26.0. The summed E-state index contributed by atoms with van der Waals surface area (Å²) < 4.78 is 0. The molecule has 5 rings (SSSR count). The number of pyridine rings is 1. The zero-order valence-electron chi connectivity index (χ0n) is 24.4. The molecule has 0 aliphatic carbocycles. The number of rotatable bonds is 8. The van der Waals surface area contributed by atoms with Gasteiger partial charge in [-0.1, -0.05) is 31.2 Å². The van der Waals surface area contributed by atoms with E-state index in [0.29, 0.717) is 30.0 Å². The van der Waals surface area contributed by atoms with Gasteiger partial charge in [-0.3, -0.25) is 24.3 Å². The van der Waals surface area contributed by atoms with E-state index >= 15 is 0 Å². The van der Waals surface area contributed by atoms with E-state index in [4.69, 9.17) is 5.73 Å². The predicted molar refractivity (Wildman–Crippen MR) is 175 cm³/mol. The Morgan fingerprint density at radius 1 is 0.930 bits per heavy atom. The third kappa shape index (κ3) is 8.46. The van der Waals surface area contributed by atoms with Crippen LogP contribution in [-0.4, -0.2) is 78.3 Å². The first-order valence-corrected chi connectivity index (χ1v) is 14.4. The van der Waals surface area contributed by atoms with Gasteiger partial charge in [0, 0.05) is 62.4 Å². The Bertz CT molecular complexity index is 1400. The normalized spacial score (nSPS) is 16.9. The van der Waals surface area contributed by atoms with Gasteiger partial charge in [0.25, 0.3) is 5.91 Å². The van der Waals surface area contributed by atoms with Crippen LogP contribution in [0.25, 0.3) is 11.1 Å². The lowest BCUT2D eigenvalue weighted by atomic mass is 9.96. The Labute approximate surface area is 265 Å². The molecule has 3 heterocycles. The number of piperidine rings is 1. The van der Waals surface area contributed by atoms with Crippen LogP contribution < -0.4 is 16.0 Å². The predicted octanol–water partition coefficient (Wildman–Crippen LogP) is 4.71. The van der Waals surface area contributed by atoms with Gasteiger partial charge in [-0.05, 0) is 73.3 Å². The highest BCUT2D eigenvalue weighted by Gasteiger charge is 2.30. The summed E-state index contributed by atoms with van der Waals surface area (Å²) in [6.45, 7) is 8.21. The highest BCUT2D eigenvalue weighted by Crippen LogP contribution is 2.26. The molecule has 230 valence electrons. The number of aromatic nitrogens is 1. The number of primary amides is 1. The van der Waals surface area contributed by atoms with Gasteiger partial charge in [0.2, 0.25) is 11.8 Å². The molecule has 1 atom stereocenters. The second kappa shape index (κ2) is 15.7. The third-order valence-electron chi connectivity index (χ3n) is 7.95. The average molecular weight is 628 g/mol. The van der Waals surface area contributed by atoms with E-state index in [1.54, 1.807) is 23.2 Å². The summed E-state index contributed by atoms with van der Waals surface area (Å²) in [5.41, 5.74) is 9.75. The molecule has 1 aromatic heterocycles. The molecule has 0 spiro atoms. The van der Waals surface area contributed by atoms with Crippen LogP contribution in [0.4, 0.5) is 11.4 Å². The van der Waals surface area contributed by atoms with Gasteiger partial charge in [0.15, 0.2) is 0 Å². The molecule has 11 heteroatoms. The van der Waals surface area contributed by atoms with Crippen molar-refractivity contribution < 1.29 is 14.4 Å². The molecular weight excluding hydrogens is 587 g/mol. The molecule has 2 aliphatic rings. The van der Waals surface area contributed by atoms with Crippen molar-refractivity contribution in [2.24, 2.45) is 11.7 Å². The zero-order chi connectivity index (χ0) is 28.8. The lowest BCUT2D eigenvalue weighted by molar-refractivity contribution is -0.121. The van der Waals surface area contributed by atoms with Crippen LogP contribution in [0.5, 0.6) is 0 Å². The topological polar surface area (TPSA) is 112 Å². The minimum Gasteiger partial charge on any atom is -0.369 e. The van der Waals surface area contributed by atoms with Gasteiger partial charge >= 0.3 is 0 Å². The fourth-order valence-electron chi connectivity index (χ4n) is 5.66. The lowest BCUT2D eigenvalue weighted by Gasteiger charge is -2.36. The van der Waals surface area contributed by atoms with Crippen LogP contribution in [-0.2, 0) is 4.79 Å². The quantitative estimate of drug-likeness (QED) is 0.374. The Hall–Kier alpha value is -3.66. The molecular formula is C32H40Cl2N6O3. The van der Waals surface area contributed by atoms with Crippen molar-refractivity contribution in [3.05, 3.63) is 78.1 Å². The summed E-state index contributed by atoms with van der Waals surface area (Å²) >= 11 is 0. The summed E-state index contributed by atoms with van der Waals surface area (Å²) in [5, 5.41) is 3.04. The molecule has 0 bridgehead atoms. The standard InChI is InChI=1S/C32H38N6O3.2ClH/c1-2-14-36-16-18-37(19-17-36)28-12-13-34-29(21-28)32(41)38-15-4-6-26(22-38)31(40)35-27-7-3-5-25(20-27)23-8-10-24(11-9-23)30(33)39;;/h3,5,7-13,20-21,26H,2,4,6,14-19,22H2,1H3,(H2,33,39)(H,35,40);2*1H/t26-;;/m0../s1. The molecule has 0 radical (unpaired) electrons. The summed E-state index contributed by atoms with van der Waals surface area (Å²) in [6.07, 6.45) is 4.35. The number of hydrogen-bond donors (Lipinski definition) is 2. The number of hydrogen-bond acceptors (Lipinski definition) is 6. The fraction of sp³-hybridized carbons (Fsp3) is 0.375. The Kier molecular flexibility index (Phi) is 12.4. The molecule has 3 amide bonds. The average Bonchev–Trinajstić information content (AvgIpc) is 3.01.